The van der Waals surface area contributed by atoms with Gasteiger partial charge >= 0.3 is 0 Å². The Hall–Kier alpha value is -1.29. The van der Waals surface area contributed by atoms with Crippen LogP contribution in [0.5, 0.6) is 5.75 Å². The Morgan fingerprint density at radius 2 is 2.12 bits per heavy atom. The molecule has 0 bridgehead atoms. The highest BCUT2D eigenvalue weighted by Gasteiger charge is 2.21. The number of nitrogens with one attached hydrogen (secondary N) is 2. The van der Waals surface area contributed by atoms with Gasteiger partial charge in [0.05, 0.1) is 17.3 Å². The molecule has 0 aromatic heterocycles. The van der Waals surface area contributed by atoms with Crippen LogP contribution in [0.3, 0.4) is 0 Å². The normalized spacial score (nSPS) is 20.9. The fraction of sp³-hybridized carbons (Fsp3) is 0.562. The fourth-order valence-corrected chi connectivity index (χ4v) is 3.73. The molecule has 7 nitrogen and oxygen atoms in total. The highest BCUT2D eigenvalue weighted by molar-refractivity contribution is 7.99. The van der Waals surface area contributed by atoms with Crippen molar-refractivity contribution in [3.05, 3.63) is 24.3 Å². The number of ether oxygens (including phenoxy) is 1. The van der Waals surface area contributed by atoms with Gasteiger partial charge in [0.25, 0.3) is 0 Å². The third-order valence-corrected chi connectivity index (χ3v) is 5.84. The molecule has 4 N–H and O–H groups in total. The molecule has 1 fully saturated rings. The van der Waals surface area contributed by atoms with Crippen molar-refractivity contribution in [1.82, 2.24) is 10.6 Å². The third kappa shape index (κ3) is 6.85. The van der Waals surface area contributed by atoms with Crippen LogP contribution in [0.15, 0.2) is 29.2 Å². The van der Waals surface area contributed by atoms with Gasteiger partial charge in [-0.25, -0.2) is 13.6 Å². The molecule has 1 amide bonds. The van der Waals surface area contributed by atoms with E-state index in [-0.39, 0.29) is 16.8 Å². The quantitative estimate of drug-likeness (QED) is 0.567. The number of hydrogen-bond acceptors (Lipinski definition) is 6. The van der Waals surface area contributed by atoms with Crippen molar-refractivity contribution in [2.45, 2.75) is 36.7 Å². The van der Waals surface area contributed by atoms with Crippen LogP contribution < -0.4 is 20.5 Å². The monoisotopic (exact) mass is 387 g/mol. The second-order valence-electron chi connectivity index (χ2n) is 5.98. The van der Waals surface area contributed by atoms with Gasteiger partial charge in [0.2, 0.25) is 15.9 Å². The molecular formula is C16H25N3O4S2. The smallest absolute Gasteiger partial charge is 0.238 e. The molecule has 9 heteroatoms. The van der Waals surface area contributed by atoms with Crippen molar-refractivity contribution in [3.63, 3.8) is 0 Å². The van der Waals surface area contributed by atoms with E-state index >= 15 is 0 Å². The van der Waals surface area contributed by atoms with Crippen LogP contribution in [0.4, 0.5) is 0 Å². The molecule has 0 saturated carbocycles. The van der Waals surface area contributed by atoms with Gasteiger partial charge in [-0.3, -0.25) is 4.79 Å². The van der Waals surface area contributed by atoms with Crippen LogP contribution in [0, 0.1) is 0 Å². The largest absolute Gasteiger partial charge is 0.493 e. The number of nitrogens with two attached hydrogens (primary N) is 1. The molecule has 140 valence electrons. The average molecular weight is 388 g/mol. The van der Waals surface area contributed by atoms with Crippen LogP contribution in [0.25, 0.3) is 0 Å². The maximum atomic E-state index is 12.0. The SMILES string of the molecule is CC1NCCCC1NC(=O)CSCCOc1ccc(S(N)(=O)=O)cc1. The number of amides is 1. The second kappa shape index (κ2) is 9.42. The van der Waals surface area contributed by atoms with Gasteiger partial charge in [0.15, 0.2) is 0 Å². The summed E-state index contributed by atoms with van der Waals surface area (Å²) in [5.74, 6) is 1.68. The Morgan fingerprint density at radius 1 is 1.40 bits per heavy atom. The zero-order valence-electron chi connectivity index (χ0n) is 14.2. The van der Waals surface area contributed by atoms with Gasteiger partial charge in [0, 0.05) is 17.8 Å². The van der Waals surface area contributed by atoms with Gasteiger partial charge in [-0.2, -0.15) is 0 Å². The summed E-state index contributed by atoms with van der Waals surface area (Å²) in [7, 11) is -3.68. The Balaban J connectivity index is 1.62. The molecule has 0 radical (unpaired) electrons. The molecule has 1 aromatic rings. The van der Waals surface area contributed by atoms with Crippen LogP contribution >= 0.6 is 11.8 Å². The summed E-state index contributed by atoms with van der Waals surface area (Å²) in [5.41, 5.74) is 0. The Bertz CT molecular complexity index is 664. The van der Waals surface area contributed by atoms with E-state index < -0.39 is 10.0 Å². The average Bonchev–Trinajstić information content (AvgIpc) is 2.56. The van der Waals surface area contributed by atoms with Gasteiger partial charge in [-0.15, -0.1) is 11.8 Å². The van der Waals surface area contributed by atoms with Gasteiger partial charge in [0.1, 0.15) is 5.75 Å². The standard InChI is InChI=1S/C16H25N3O4S2/c1-12-15(3-2-8-18-12)19-16(20)11-24-10-9-23-13-4-6-14(7-5-13)25(17,21)22/h4-7,12,15,18H,2-3,8-11H2,1H3,(H,19,20)(H2,17,21,22). The van der Waals surface area contributed by atoms with Crippen molar-refractivity contribution in [2.75, 3.05) is 24.7 Å². The lowest BCUT2D eigenvalue weighted by Crippen LogP contribution is -2.52. The van der Waals surface area contributed by atoms with E-state index in [1.54, 1.807) is 12.1 Å². The van der Waals surface area contributed by atoms with Crippen LogP contribution in [-0.4, -0.2) is 51.1 Å². The zero-order chi connectivity index (χ0) is 18.3. The molecule has 1 saturated heterocycles. The molecule has 0 spiro atoms. The number of benzene rings is 1. The van der Waals surface area contributed by atoms with Gasteiger partial charge < -0.3 is 15.4 Å². The number of rotatable bonds is 8. The minimum atomic E-state index is -3.68. The fourth-order valence-electron chi connectivity index (χ4n) is 2.60. The molecule has 1 heterocycles. The van der Waals surface area contributed by atoms with E-state index in [0.717, 1.165) is 19.4 Å². The van der Waals surface area contributed by atoms with E-state index in [2.05, 4.69) is 17.6 Å². The number of carbonyl (C=O) groups excluding carboxylic acids is 1. The van der Waals surface area contributed by atoms with Crippen LogP contribution in [-0.2, 0) is 14.8 Å². The number of carbonyl (C=O) groups is 1. The molecular weight excluding hydrogens is 362 g/mol. The van der Waals surface area contributed by atoms with Crippen molar-refractivity contribution in [3.8, 4) is 5.75 Å². The van der Waals surface area contributed by atoms with E-state index in [4.69, 9.17) is 9.88 Å². The first kappa shape index (κ1) is 20.0. The lowest BCUT2D eigenvalue weighted by molar-refractivity contribution is -0.119. The van der Waals surface area contributed by atoms with Gasteiger partial charge in [-0.1, -0.05) is 0 Å². The topological polar surface area (TPSA) is 111 Å². The number of piperidine rings is 1. The summed E-state index contributed by atoms with van der Waals surface area (Å²) in [5, 5.41) is 11.5. The summed E-state index contributed by atoms with van der Waals surface area (Å²) in [6.45, 7) is 3.54. The Morgan fingerprint density at radius 3 is 2.76 bits per heavy atom. The molecule has 2 atom stereocenters. The van der Waals surface area contributed by atoms with Crippen molar-refractivity contribution in [2.24, 2.45) is 5.14 Å². The summed E-state index contributed by atoms with van der Waals surface area (Å²) in [6, 6.07) is 6.46. The molecule has 1 aliphatic rings. The minimum Gasteiger partial charge on any atom is -0.493 e. The highest BCUT2D eigenvalue weighted by atomic mass is 32.2. The predicted octanol–water partition coefficient (Wildman–Crippen LogP) is 0.703. The summed E-state index contributed by atoms with van der Waals surface area (Å²) >= 11 is 1.50. The zero-order valence-corrected chi connectivity index (χ0v) is 15.9. The summed E-state index contributed by atoms with van der Waals surface area (Å²) in [4.78, 5) is 12.0. The van der Waals surface area contributed by atoms with Crippen molar-refractivity contribution in [1.29, 1.82) is 0 Å². The highest BCUT2D eigenvalue weighted by Crippen LogP contribution is 2.15. The maximum Gasteiger partial charge on any atom is 0.238 e. The first-order chi connectivity index (χ1) is 11.9. The van der Waals surface area contributed by atoms with E-state index in [1.165, 1.54) is 23.9 Å². The lowest BCUT2D eigenvalue weighted by atomic mass is 10.00. The Labute approximate surface area is 153 Å². The third-order valence-electron chi connectivity index (χ3n) is 3.99. The predicted molar refractivity (Wildman–Crippen MR) is 99.3 cm³/mol. The van der Waals surface area contributed by atoms with Crippen molar-refractivity contribution < 1.29 is 17.9 Å². The Kier molecular flexibility index (Phi) is 7.55. The molecule has 0 aliphatic carbocycles. The number of sulfonamides is 1. The van der Waals surface area contributed by atoms with Crippen LogP contribution in [0.1, 0.15) is 19.8 Å². The second-order valence-corrected chi connectivity index (χ2v) is 8.64. The maximum absolute atomic E-state index is 12.0. The number of primary sulfonamides is 1. The minimum absolute atomic E-state index is 0.0445. The summed E-state index contributed by atoms with van der Waals surface area (Å²) in [6.07, 6.45) is 2.10. The molecule has 25 heavy (non-hydrogen) atoms. The molecule has 2 unspecified atom stereocenters. The first-order valence-electron chi connectivity index (χ1n) is 8.22. The van der Waals surface area contributed by atoms with E-state index in [1.807, 2.05) is 0 Å². The summed E-state index contributed by atoms with van der Waals surface area (Å²) < 4.78 is 27.8. The number of hydrogen-bond donors (Lipinski definition) is 3. The van der Waals surface area contributed by atoms with Crippen molar-refractivity contribution >= 4 is 27.7 Å². The lowest BCUT2D eigenvalue weighted by Gasteiger charge is -2.30. The van der Waals surface area contributed by atoms with E-state index in [0.29, 0.717) is 29.9 Å². The first-order valence-corrected chi connectivity index (χ1v) is 10.9. The molecule has 2 rings (SSSR count). The van der Waals surface area contributed by atoms with Crippen LogP contribution in [0.2, 0.25) is 0 Å². The van der Waals surface area contributed by atoms with Gasteiger partial charge in [-0.05, 0) is 50.6 Å². The van der Waals surface area contributed by atoms with E-state index in [9.17, 15) is 13.2 Å². The molecule has 1 aliphatic heterocycles. The molecule has 1 aromatic carbocycles. The number of thioether (sulfide) groups is 1.